The molecule has 0 amide bonds. The molecule has 0 spiro atoms. The van der Waals surface area contributed by atoms with Crippen LogP contribution >= 0.6 is 0 Å². The summed E-state index contributed by atoms with van der Waals surface area (Å²) in [5.41, 5.74) is 2.36. The van der Waals surface area contributed by atoms with E-state index in [0.29, 0.717) is 12.0 Å². The van der Waals surface area contributed by atoms with E-state index >= 15 is 0 Å². The fraction of sp³-hybridized carbons (Fsp3) is 0.688. The zero-order valence-corrected chi connectivity index (χ0v) is 13.0. The Kier molecular flexibility index (Phi) is 6.85. The lowest BCUT2D eigenvalue weighted by atomic mass is 10.1. The number of unbranched alkanes of at least 4 members (excludes halogenated alkanes) is 1. The zero-order chi connectivity index (χ0) is 14.3. The topological polar surface area (TPSA) is 34.1 Å². The van der Waals surface area contributed by atoms with Crippen LogP contribution in [0.25, 0.3) is 0 Å². The number of ether oxygens (including phenoxy) is 1. The van der Waals surface area contributed by atoms with Gasteiger partial charge in [0.1, 0.15) is 0 Å². The second-order valence-corrected chi connectivity index (χ2v) is 5.63. The third-order valence-electron chi connectivity index (χ3n) is 2.94. The van der Waals surface area contributed by atoms with Gasteiger partial charge in [-0.05, 0) is 24.0 Å². The van der Waals surface area contributed by atoms with Gasteiger partial charge in [-0.1, -0.05) is 41.0 Å². The smallest absolute Gasteiger partial charge is 0.213 e. The maximum atomic E-state index is 5.75. The van der Waals surface area contributed by atoms with Gasteiger partial charge in [-0.2, -0.15) is 0 Å². The van der Waals surface area contributed by atoms with E-state index in [1.807, 2.05) is 0 Å². The van der Waals surface area contributed by atoms with Crippen molar-refractivity contribution in [3.05, 3.63) is 23.4 Å². The molecule has 1 rings (SSSR count). The van der Waals surface area contributed by atoms with Crippen molar-refractivity contribution in [3.8, 4) is 5.88 Å². The molecule has 108 valence electrons. The van der Waals surface area contributed by atoms with E-state index in [1.54, 1.807) is 0 Å². The molecule has 0 atom stereocenters. The highest BCUT2D eigenvalue weighted by Gasteiger charge is 2.07. The minimum absolute atomic E-state index is 0.424. The highest BCUT2D eigenvalue weighted by molar-refractivity contribution is 5.26. The molecule has 3 nitrogen and oxygen atoms in total. The van der Waals surface area contributed by atoms with Crippen molar-refractivity contribution >= 4 is 0 Å². The predicted molar refractivity (Wildman–Crippen MR) is 80.7 cm³/mol. The molecular formula is C16H28N2O. The van der Waals surface area contributed by atoms with Crippen LogP contribution in [-0.2, 0) is 6.54 Å². The second kappa shape index (κ2) is 8.16. The molecule has 1 heterocycles. The van der Waals surface area contributed by atoms with Crippen LogP contribution in [0, 0.1) is 0 Å². The summed E-state index contributed by atoms with van der Waals surface area (Å²) in [7, 11) is 0. The lowest BCUT2D eigenvalue weighted by Gasteiger charge is -2.13. The van der Waals surface area contributed by atoms with Crippen LogP contribution in [0.15, 0.2) is 12.1 Å². The standard InChI is InChI=1S/C16H28N2O/c1-6-7-8-19-16-10-14(11-17-13(4)5)9-15(18-16)12(2)3/h9-10,12-13,17H,6-8,11H2,1-5H3. The molecule has 3 heteroatoms. The Morgan fingerprint density at radius 1 is 1.21 bits per heavy atom. The summed E-state index contributed by atoms with van der Waals surface area (Å²) >= 11 is 0. The van der Waals surface area contributed by atoms with Gasteiger partial charge in [-0.15, -0.1) is 0 Å². The summed E-state index contributed by atoms with van der Waals surface area (Å²) in [6.07, 6.45) is 2.22. The van der Waals surface area contributed by atoms with E-state index in [0.717, 1.165) is 37.6 Å². The van der Waals surface area contributed by atoms with Crippen LogP contribution in [0.4, 0.5) is 0 Å². The van der Waals surface area contributed by atoms with E-state index < -0.39 is 0 Å². The molecule has 0 saturated carbocycles. The SMILES string of the molecule is CCCCOc1cc(CNC(C)C)cc(C(C)C)n1. The van der Waals surface area contributed by atoms with E-state index in [1.165, 1.54) is 5.56 Å². The van der Waals surface area contributed by atoms with Gasteiger partial charge in [-0.25, -0.2) is 4.98 Å². The van der Waals surface area contributed by atoms with Gasteiger partial charge < -0.3 is 10.1 Å². The number of hydrogen-bond acceptors (Lipinski definition) is 3. The third-order valence-corrected chi connectivity index (χ3v) is 2.94. The molecule has 1 aromatic rings. The van der Waals surface area contributed by atoms with Gasteiger partial charge >= 0.3 is 0 Å². The van der Waals surface area contributed by atoms with Crippen LogP contribution in [0.5, 0.6) is 5.88 Å². The molecule has 0 fully saturated rings. The molecule has 19 heavy (non-hydrogen) atoms. The fourth-order valence-electron chi connectivity index (χ4n) is 1.70. The number of aromatic nitrogens is 1. The average molecular weight is 264 g/mol. The first-order valence-electron chi connectivity index (χ1n) is 7.40. The number of pyridine rings is 1. The minimum Gasteiger partial charge on any atom is -0.478 e. The van der Waals surface area contributed by atoms with Gasteiger partial charge in [0.15, 0.2) is 0 Å². The molecule has 0 bridgehead atoms. The Labute approximate surface area is 117 Å². The quantitative estimate of drug-likeness (QED) is 0.723. The summed E-state index contributed by atoms with van der Waals surface area (Å²) in [4.78, 5) is 4.58. The largest absolute Gasteiger partial charge is 0.478 e. The van der Waals surface area contributed by atoms with Crippen molar-refractivity contribution in [2.75, 3.05) is 6.61 Å². The van der Waals surface area contributed by atoms with Crippen molar-refractivity contribution in [2.45, 2.75) is 66.0 Å². The third kappa shape index (κ3) is 6.06. The van der Waals surface area contributed by atoms with Crippen molar-refractivity contribution in [1.82, 2.24) is 10.3 Å². The monoisotopic (exact) mass is 264 g/mol. The van der Waals surface area contributed by atoms with Crippen molar-refractivity contribution < 1.29 is 4.74 Å². The lowest BCUT2D eigenvalue weighted by molar-refractivity contribution is 0.296. The van der Waals surface area contributed by atoms with Crippen LogP contribution < -0.4 is 10.1 Å². The molecule has 1 N–H and O–H groups in total. The zero-order valence-electron chi connectivity index (χ0n) is 13.0. The number of nitrogens with one attached hydrogen (secondary N) is 1. The summed E-state index contributed by atoms with van der Waals surface area (Å²) in [5, 5.41) is 3.44. The fourth-order valence-corrected chi connectivity index (χ4v) is 1.70. The van der Waals surface area contributed by atoms with Gasteiger partial charge in [-0.3, -0.25) is 0 Å². The van der Waals surface area contributed by atoms with Gasteiger partial charge in [0.05, 0.1) is 6.61 Å². The Hall–Kier alpha value is -1.09. The summed E-state index contributed by atoms with van der Waals surface area (Å²) < 4.78 is 5.75. The second-order valence-electron chi connectivity index (χ2n) is 5.63. The molecule has 0 aliphatic carbocycles. The molecular weight excluding hydrogens is 236 g/mol. The first-order chi connectivity index (χ1) is 9.02. The summed E-state index contributed by atoms with van der Waals surface area (Å²) in [6, 6.07) is 4.71. The molecule has 0 aromatic carbocycles. The molecule has 0 aliphatic rings. The minimum atomic E-state index is 0.424. The number of rotatable bonds is 8. The average Bonchev–Trinajstić information content (AvgIpc) is 2.36. The molecule has 0 unspecified atom stereocenters. The molecule has 0 saturated heterocycles. The Morgan fingerprint density at radius 2 is 1.95 bits per heavy atom. The van der Waals surface area contributed by atoms with Crippen molar-refractivity contribution in [1.29, 1.82) is 0 Å². The molecule has 0 aliphatic heterocycles. The van der Waals surface area contributed by atoms with Crippen molar-refractivity contribution in [2.24, 2.45) is 0 Å². The van der Waals surface area contributed by atoms with Crippen molar-refractivity contribution in [3.63, 3.8) is 0 Å². The van der Waals surface area contributed by atoms with Gasteiger partial charge in [0.2, 0.25) is 5.88 Å². The van der Waals surface area contributed by atoms with E-state index in [4.69, 9.17) is 4.74 Å². The van der Waals surface area contributed by atoms with Crippen LogP contribution in [-0.4, -0.2) is 17.6 Å². The predicted octanol–water partition coefficient (Wildman–Crippen LogP) is 3.88. The normalized spacial score (nSPS) is 11.3. The van der Waals surface area contributed by atoms with Crippen LogP contribution in [0.2, 0.25) is 0 Å². The van der Waals surface area contributed by atoms with Crippen LogP contribution in [0.1, 0.15) is 64.6 Å². The van der Waals surface area contributed by atoms with Gasteiger partial charge in [0.25, 0.3) is 0 Å². The summed E-state index contributed by atoms with van der Waals surface area (Å²) in [6.45, 7) is 12.4. The van der Waals surface area contributed by atoms with Crippen LogP contribution in [0.3, 0.4) is 0 Å². The summed E-state index contributed by atoms with van der Waals surface area (Å²) in [5.74, 6) is 1.19. The molecule has 0 radical (unpaired) electrons. The maximum absolute atomic E-state index is 5.75. The lowest BCUT2D eigenvalue weighted by Crippen LogP contribution is -2.22. The first-order valence-corrected chi connectivity index (χ1v) is 7.40. The molecule has 1 aromatic heterocycles. The maximum Gasteiger partial charge on any atom is 0.213 e. The number of hydrogen-bond donors (Lipinski definition) is 1. The highest BCUT2D eigenvalue weighted by atomic mass is 16.5. The van der Waals surface area contributed by atoms with Gasteiger partial charge in [0, 0.05) is 24.3 Å². The Morgan fingerprint density at radius 3 is 2.53 bits per heavy atom. The first kappa shape index (κ1) is 16.0. The van der Waals surface area contributed by atoms with E-state index in [9.17, 15) is 0 Å². The van der Waals surface area contributed by atoms with E-state index in [-0.39, 0.29) is 0 Å². The van der Waals surface area contributed by atoms with E-state index in [2.05, 4.69) is 57.1 Å². The highest BCUT2D eigenvalue weighted by Crippen LogP contribution is 2.19. The Bertz CT molecular complexity index is 375. The Balaban J connectivity index is 2.78. The number of nitrogens with zero attached hydrogens (tertiary/aromatic N) is 1.